The van der Waals surface area contributed by atoms with Crippen LogP contribution in [0.15, 0.2) is 46.2 Å². The van der Waals surface area contributed by atoms with Crippen LogP contribution in [-0.2, 0) is 27.5 Å². The second-order valence-corrected chi connectivity index (χ2v) is 9.80. The summed E-state index contributed by atoms with van der Waals surface area (Å²) in [5.74, 6) is -0.298. The maximum Gasteiger partial charge on any atom is 0.410 e. The maximum atomic E-state index is 13.2. The molecule has 1 aliphatic rings. The van der Waals surface area contributed by atoms with Crippen LogP contribution in [0.3, 0.4) is 0 Å². The molecule has 156 valence electrons. The summed E-state index contributed by atoms with van der Waals surface area (Å²) in [6, 6.07) is 7.86. The molecular formula is C21H24FNO5S. The molecule has 1 heterocycles. The Morgan fingerprint density at radius 3 is 2.34 bits per heavy atom. The first-order valence-corrected chi connectivity index (χ1v) is 10.7. The van der Waals surface area contributed by atoms with Crippen molar-refractivity contribution in [2.45, 2.75) is 49.1 Å². The van der Waals surface area contributed by atoms with Crippen molar-refractivity contribution >= 4 is 15.9 Å². The quantitative estimate of drug-likeness (QED) is 0.702. The molecule has 0 aliphatic carbocycles. The second kappa shape index (κ2) is 7.67. The van der Waals surface area contributed by atoms with E-state index in [1.165, 1.54) is 25.3 Å². The zero-order valence-electron chi connectivity index (χ0n) is 16.9. The summed E-state index contributed by atoms with van der Waals surface area (Å²) in [6.45, 7) is 6.08. The minimum Gasteiger partial charge on any atom is -0.495 e. The molecule has 0 unspecified atom stereocenters. The molecule has 2 aromatic rings. The third kappa shape index (κ3) is 4.53. The standard InChI is InChI=1S/C21H24FNO5S/c1-21(2,3)28-20(24)23-10-9-14-11-18(27-4)19(12-15(14)13-23)29(25,26)17-7-5-16(22)6-8-17/h5-8,11-12H,9-10,13H2,1-4H3. The maximum absolute atomic E-state index is 13.2. The van der Waals surface area contributed by atoms with Crippen LogP contribution in [0, 0.1) is 5.82 Å². The van der Waals surface area contributed by atoms with Gasteiger partial charge in [-0.3, -0.25) is 0 Å². The molecule has 0 saturated carbocycles. The van der Waals surface area contributed by atoms with E-state index in [0.29, 0.717) is 18.5 Å². The number of methoxy groups -OCH3 is 1. The van der Waals surface area contributed by atoms with Crippen molar-refractivity contribution in [2.75, 3.05) is 13.7 Å². The van der Waals surface area contributed by atoms with Crippen molar-refractivity contribution in [3.8, 4) is 5.75 Å². The van der Waals surface area contributed by atoms with Crippen LogP contribution >= 0.6 is 0 Å². The number of amides is 1. The van der Waals surface area contributed by atoms with Gasteiger partial charge in [0.1, 0.15) is 22.1 Å². The molecule has 0 radical (unpaired) electrons. The number of benzene rings is 2. The third-order valence-electron chi connectivity index (χ3n) is 4.56. The first-order valence-electron chi connectivity index (χ1n) is 9.19. The van der Waals surface area contributed by atoms with E-state index < -0.39 is 27.3 Å². The Morgan fingerprint density at radius 2 is 1.76 bits per heavy atom. The minimum absolute atomic E-state index is 0.0172. The lowest BCUT2D eigenvalue weighted by Gasteiger charge is -2.31. The molecule has 0 fully saturated rings. The highest BCUT2D eigenvalue weighted by Crippen LogP contribution is 2.34. The molecule has 0 atom stereocenters. The first-order chi connectivity index (χ1) is 13.5. The number of nitrogens with zero attached hydrogens (tertiary/aromatic N) is 1. The summed E-state index contributed by atoms with van der Waals surface area (Å²) in [5, 5.41) is 0. The van der Waals surface area contributed by atoms with E-state index in [2.05, 4.69) is 0 Å². The number of fused-ring (bicyclic) bond motifs is 1. The summed E-state index contributed by atoms with van der Waals surface area (Å²) in [4.78, 5) is 13.9. The zero-order valence-corrected chi connectivity index (χ0v) is 17.7. The van der Waals surface area contributed by atoms with Crippen molar-refractivity contribution in [3.63, 3.8) is 0 Å². The van der Waals surface area contributed by atoms with Gasteiger partial charge in [-0.2, -0.15) is 0 Å². The number of hydrogen-bond acceptors (Lipinski definition) is 5. The number of carbonyl (C=O) groups is 1. The van der Waals surface area contributed by atoms with E-state index in [0.717, 1.165) is 17.7 Å². The van der Waals surface area contributed by atoms with Crippen LogP contribution in [0.1, 0.15) is 31.9 Å². The van der Waals surface area contributed by atoms with E-state index >= 15 is 0 Å². The molecular weight excluding hydrogens is 397 g/mol. The Bertz CT molecular complexity index is 1030. The first kappa shape index (κ1) is 21.1. The number of halogens is 1. The largest absolute Gasteiger partial charge is 0.495 e. The third-order valence-corrected chi connectivity index (χ3v) is 6.35. The normalized spacial score (nSPS) is 14.3. The number of carbonyl (C=O) groups excluding carboxylic acids is 1. The van der Waals surface area contributed by atoms with Crippen LogP contribution in [0.2, 0.25) is 0 Å². The molecule has 0 bridgehead atoms. The monoisotopic (exact) mass is 421 g/mol. The number of ether oxygens (including phenoxy) is 2. The van der Waals surface area contributed by atoms with Gasteiger partial charge in [0.05, 0.1) is 12.0 Å². The average molecular weight is 421 g/mol. The molecule has 1 amide bonds. The van der Waals surface area contributed by atoms with Gasteiger partial charge in [0.25, 0.3) is 0 Å². The summed E-state index contributed by atoms with van der Waals surface area (Å²) in [6.07, 6.45) is 0.115. The van der Waals surface area contributed by atoms with Gasteiger partial charge in [0.15, 0.2) is 0 Å². The smallest absolute Gasteiger partial charge is 0.410 e. The van der Waals surface area contributed by atoms with E-state index in [-0.39, 0.29) is 22.1 Å². The van der Waals surface area contributed by atoms with Gasteiger partial charge >= 0.3 is 6.09 Å². The van der Waals surface area contributed by atoms with Crippen molar-refractivity contribution in [2.24, 2.45) is 0 Å². The molecule has 6 nitrogen and oxygen atoms in total. The fourth-order valence-corrected chi connectivity index (χ4v) is 4.61. The number of rotatable bonds is 3. The highest BCUT2D eigenvalue weighted by atomic mass is 32.2. The predicted octanol–water partition coefficient (Wildman–Crippen LogP) is 3.96. The zero-order chi connectivity index (χ0) is 21.4. The summed E-state index contributed by atoms with van der Waals surface area (Å²) < 4.78 is 50.2. The minimum atomic E-state index is -3.92. The Balaban J connectivity index is 1.98. The van der Waals surface area contributed by atoms with Gasteiger partial charge in [-0.05, 0) is 74.7 Å². The van der Waals surface area contributed by atoms with Crippen LogP contribution in [-0.4, -0.2) is 38.7 Å². The lowest BCUT2D eigenvalue weighted by atomic mass is 9.99. The number of hydrogen-bond donors (Lipinski definition) is 0. The van der Waals surface area contributed by atoms with Gasteiger partial charge in [0, 0.05) is 13.1 Å². The Morgan fingerprint density at radius 1 is 1.10 bits per heavy atom. The van der Waals surface area contributed by atoms with Gasteiger partial charge in [-0.1, -0.05) is 0 Å². The van der Waals surface area contributed by atoms with Crippen LogP contribution in [0.25, 0.3) is 0 Å². The molecule has 0 N–H and O–H groups in total. The lowest BCUT2D eigenvalue weighted by Crippen LogP contribution is -2.40. The molecule has 29 heavy (non-hydrogen) atoms. The molecule has 3 rings (SSSR count). The molecule has 8 heteroatoms. The van der Waals surface area contributed by atoms with E-state index in [1.54, 1.807) is 31.7 Å². The van der Waals surface area contributed by atoms with Crippen molar-refractivity contribution in [1.29, 1.82) is 0 Å². The Kier molecular flexibility index (Phi) is 5.58. The molecule has 0 aromatic heterocycles. The molecule has 1 aliphatic heterocycles. The molecule has 0 saturated heterocycles. The second-order valence-electron chi connectivity index (χ2n) is 7.88. The van der Waals surface area contributed by atoms with Gasteiger partial charge in [-0.15, -0.1) is 0 Å². The molecule has 0 spiro atoms. The van der Waals surface area contributed by atoms with Crippen LogP contribution in [0.5, 0.6) is 5.75 Å². The summed E-state index contributed by atoms with van der Waals surface area (Å²) >= 11 is 0. The Hall–Kier alpha value is -2.61. The van der Waals surface area contributed by atoms with Crippen LogP contribution < -0.4 is 4.74 Å². The van der Waals surface area contributed by atoms with Crippen molar-refractivity contribution in [3.05, 3.63) is 53.3 Å². The van der Waals surface area contributed by atoms with Crippen molar-refractivity contribution in [1.82, 2.24) is 4.90 Å². The number of sulfone groups is 1. The van der Waals surface area contributed by atoms with Gasteiger partial charge in [-0.25, -0.2) is 17.6 Å². The van der Waals surface area contributed by atoms with Gasteiger partial charge < -0.3 is 14.4 Å². The summed E-state index contributed by atoms with van der Waals surface area (Å²) in [7, 11) is -2.52. The van der Waals surface area contributed by atoms with E-state index in [9.17, 15) is 17.6 Å². The lowest BCUT2D eigenvalue weighted by molar-refractivity contribution is 0.0224. The van der Waals surface area contributed by atoms with E-state index in [1.807, 2.05) is 0 Å². The fourth-order valence-electron chi connectivity index (χ4n) is 3.16. The average Bonchev–Trinajstić information content (AvgIpc) is 2.65. The molecule has 2 aromatic carbocycles. The van der Waals surface area contributed by atoms with Crippen LogP contribution in [0.4, 0.5) is 9.18 Å². The van der Waals surface area contributed by atoms with E-state index in [4.69, 9.17) is 9.47 Å². The SMILES string of the molecule is COc1cc2c(cc1S(=O)(=O)c1ccc(F)cc1)CN(C(=O)OC(C)(C)C)CC2. The topological polar surface area (TPSA) is 72.9 Å². The van der Waals surface area contributed by atoms with Gasteiger partial charge in [0.2, 0.25) is 9.84 Å². The summed E-state index contributed by atoms with van der Waals surface area (Å²) in [5.41, 5.74) is 1.01. The predicted molar refractivity (Wildman–Crippen MR) is 105 cm³/mol. The van der Waals surface area contributed by atoms with Crippen molar-refractivity contribution < 1.29 is 27.1 Å². The Labute approximate surface area is 170 Å². The fraction of sp³-hybridized carbons (Fsp3) is 0.381. The highest BCUT2D eigenvalue weighted by molar-refractivity contribution is 7.91. The highest BCUT2D eigenvalue weighted by Gasteiger charge is 2.29.